The monoisotopic (exact) mass is 258 g/mol. The highest BCUT2D eigenvalue weighted by Crippen LogP contribution is 2.33. The number of hydrogen-bond donors (Lipinski definition) is 1. The van der Waals surface area contributed by atoms with E-state index < -0.39 is 16.5 Å². The molecular formula is C13H10N2O4. The molecule has 2 aromatic rings. The van der Waals surface area contributed by atoms with Gasteiger partial charge in [0.15, 0.2) is 0 Å². The van der Waals surface area contributed by atoms with Crippen LogP contribution in [0.2, 0.25) is 0 Å². The van der Waals surface area contributed by atoms with Gasteiger partial charge in [0.25, 0.3) is 5.91 Å². The van der Waals surface area contributed by atoms with E-state index in [-0.39, 0.29) is 11.3 Å². The molecule has 96 valence electrons. The number of amides is 1. The van der Waals surface area contributed by atoms with E-state index in [1.807, 2.05) is 0 Å². The Labute approximate surface area is 108 Å². The number of nitrogens with two attached hydrogens (primary N) is 1. The number of benzene rings is 2. The highest BCUT2D eigenvalue weighted by Gasteiger charge is 2.24. The third-order valence-electron chi connectivity index (χ3n) is 2.42. The van der Waals surface area contributed by atoms with Crippen molar-refractivity contribution in [3.05, 3.63) is 64.2 Å². The Kier molecular flexibility index (Phi) is 3.42. The molecule has 2 N–H and O–H groups in total. The molecule has 19 heavy (non-hydrogen) atoms. The van der Waals surface area contributed by atoms with Gasteiger partial charge >= 0.3 is 5.69 Å². The number of rotatable bonds is 4. The summed E-state index contributed by atoms with van der Waals surface area (Å²) in [4.78, 5) is 21.6. The highest BCUT2D eigenvalue weighted by molar-refractivity contribution is 5.98. The first-order valence-corrected chi connectivity index (χ1v) is 5.39. The molecule has 0 radical (unpaired) electrons. The zero-order valence-electron chi connectivity index (χ0n) is 9.78. The number of hydrogen-bond acceptors (Lipinski definition) is 4. The maximum Gasteiger partial charge on any atom is 0.324 e. The molecule has 2 rings (SSSR count). The molecule has 0 unspecified atom stereocenters. The first-order valence-electron chi connectivity index (χ1n) is 5.39. The van der Waals surface area contributed by atoms with Gasteiger partial charge < -0.3 is 10.5 Å². The van der Waals surface area contributed by atoms with Crippen molar-refractivity contribution < 1.29 is 14.5 Å². The second kappa shape index (κ2) is 5.18. The summed E-state index contributed by atoms with van der Waals surface area (Å²) in [5, 5.41) is 11.1. The molecule has 0 saturated heterocycles. The first kappa shape index (κ1) is 12.6. The van der Waals surface area contributed by atoms with Crippen LogP contribution in [0.15, 0.2) is 48.5 Å². The quantitative estimate of drug-likeness (QED) is 0.673. The van der Waals surface area contributed by atoms with Crippen LogP contribution in [0.4, 0.5) is 5.69 Å². The normalized spacial score (nSPS) is 9.89. The van der Waals surface area contributed by atoms with Gasteiger partial charge in [-0.25, -0.2) is 0 Å². The zero-order chi connectivity index (χ0) is 13.8. The van der Waals surface area contributed by atoms with Crippen LogP contribution in [-0.4, -0.2) is 10.8 Å². The molecule has 0 atom stereocenters. The van der Waals surface area contributed by atoms with E-state index in [1.165, 1.54) is 18.2 Å². The largest absolute Gasteiger partial charge is 0.450 e. The van der Waals surface area contributed by atoms with Gasteiger partial charge in [0.1, 0.15) is 11.3 Å². The smallest absolute Gasteiger partial charge is 0.324 e. The fraction of sp³-hybridized carbons (Fsp3) is 0. The van der Waals surface area contributed by atoms with Crippen molar-refractivity contribution in [2.45, 2.75) is 0 Å². The number of para-hydroxylation sites is 2. The molecule has 6 nitrogen and oxygen atoms in total. The molecule has 0 heterocycles. The Bertz CT molecular complexity index is 626. The Morgan fingerprint density at radius 3 is 2.37 bits per heavy atom. The van der Waals surface area contributed by atoms with Crippen LogP contribution < -0.4 is 10.5 Å². The van der Waals surface area contributed by atoms with Gasteiger partial charge in [0, 0.05) is 0 Å². The van der Waals surface area contributed by atoms with Crippen LogP contribution in [-0.2, 0) is 0 Å². The van der Waals surface area contributed by atoms with E-state index in [2.05, 4.69) is 0 Å². The van der Waals surface area contributed by atoms with Crippen molar-refractivity contribution in [2.24, 2.45) is 5.73 Å². The highest BCUT2D eigenvalue weighted by atomic mass is 16.6. The van der Waals surface area contributed by atoms with E-state index in [0.717, 1.165) is 0 Å². The average Bonchev–Trinajstić information content (AvgIpc) is 2.39. The van der Waals surface area contributed by atoms with Gasteiger partial charge in [-0.2, -0.15) is 0 Å². The Morgan fingerprint density at radius 1 is 1.11 bits per heavy atom. The molecule has 6 heteroatoms. The van der Waals surface area contributed by atoms with Gasteiger partial charge in [0.05, 0.1) is 4.92 Å². The lowest BCUT2D eigenvalue weighted by Gasteiger charge is -2.07. The summed E-state index contributed by atoms with van der Waals surface area (Å²) in [6, 6.07) is 12.8. The predicted octanol–water partition coefficient (Wildman–Crippen LogP) is 2.49. The fourth-order valence-corrected chi connectivity index (χ4v) is 1.61. The van der Waals surface area contributed by atoms with Crippen LogP contribution in [0, 0.1) is 10.1 Å². The van der Waals surface area contributed by atoms with Crippen LogP contribution in [0.5, 0.6) is 11.5 Å². The predicted molar refractivity (Wildman–Crippen MR) is 68.1 cm³/mol. The van der Waals surface area contributed by atoms with E-state index >= 15 is 0 Å². The second-order valence-electron chi connectivity index (χ2n) is 3.69. The first-order chi connectivity index (χ1) is 9.09. The second-order valence-corrected chi connectivity index (χ2v) is 3.69. The third kappa shape index (κ3) is 2.68. The number of nitro groups is 1. The number of carbonyl (C=O) groups excluding carboxylic acids is 1. The number of nitro benzene ring substituents is 1. The zero-order valence-corrected chi connectivity index (χ0v) is 9.78. The van der Waals surface area contributed by atoms with Gasteiger partial charge in [-0.1, -0.05) is 24.3 Å². The van der Waals surface area contributed by atoms with Crippen LogP contribution in [0.3, 0.4) is 0 Å². The number of primary amides is 1. The van der Waals surface area contributed by atoms with Crippen molar-refractivity contribution in [3.63, 3.8) is 0 Å². The van der Waals surface area contributed by atoms with E-state index in [0.29, 0.717) is 5.75 Å². The minimum atomic E-state index is -0.870. The SMILES string of the molecule is NC(=O)c1cccc(Oc2ccccc2)c1[N+](=O)[O-]. The Morgan fingerprint density at radius 2 is 1.79 bits per heavy atom. The van der Waals surface area contributed by atoms with Crippen molar-refractivity contribution in [3.8, 4) is 11.5 Å². The van der Waals surface area contributed by atoms with E-state index in [4.69, 9.17) is 10.5 Å². The molecular weight excluding hydrogens is 248 g/mol. The third-order valence-corrected chi connectivity index (χ3v) is 2.42. The molecule has 0 aromatic heterocycles. The van der Waals surface area contributed by atoms with Crippen molar-refractivity contribution in [1.29, 1.82) is 0 Å². The maximum atomic E-state index is 11.2. The molecule has 0 bridgehead atoms. The molecule has 2 aromatic carbocycles. The van der Waals surface area contributed by atoms with Crippen LogP contribution in [0.25, 0.3) is 0 Å². The molecule has 0 saturated carbocycles. The minimum Gasteiger partial charge on any atom is -0.450 e. The van der Waals surface area contributed by atoms with Gasteiger partial charge in [0.2, 0.25) is 5.75 Å². The Hall–Kier alpha value is -2.89. The maximum absolute atomic E-state index is 11.2. The average molecular weight is 258 g/mol. The van der Waals surface area contributed by atoms with Crippen LogP contribution >= 0.6 is 0 Å². The molecule has 0 spiro atoms. The fourth-order valence-electron chi connectivity index (χ4n) is 1.61. The molecule has 0 fully saturated rings. The molecule has 0 aliphatic carbocycles. The van der Waals surface area contributed by atoms with E-state index in [1.54, 1.807) is 30.3 Å². The summed E-state index contributed by atoms with van der Waals surface area (Å²) < 4.78 is 5.41. The van der Waals surface area contributed by atoms with Crippen molar-refractivity contribution in [1.82, 2.24) is 0 Å². The molecule has 0 aliphatic rings. The topological polar surface area (TPSA) is 95.5 Å². The van der Waals surface area contributed by atoms with Gasteiger partial charge in [-0.05, 0) is 24.3 Å². The summed E-state index contributed by atoms with van der Waals surface area (Å²) in [5.41, 5.74) is 4.50. The number of ether oxygens (including phenoxy) is 1. The number of nitrogens with zero attached hydrogens (tertiary/aromatic N) is 1. The van der Waals surface area contributed by atoms with E-state index in [9.17, 15) is 14.9 Å². The molecule has 0 aliphatic heterocycles. The van der Waals surface area contributed by atoms with Crippen LogP contribution in [0.1, 0.15) is 10.4 Å². The summed E-state index contributed by atoms with van der Waals surface area (Å²) in [7, 11) is 0. The van der Waals surface area contributed by atoms with Gasteiger partial charge in [-0.15, -0.1) is 0 Å². The van der Waals surface area contributed by atoms with Gasteiger partial charge in [-0.3, -0.25) is 14.9 Å². The minimum absolute atomic E-state index is 0.0208. The summed E-state index contributed by atoms with van der Waals surface area (Å²) in [5.74, 6) is -0.454. The number of carbonyl (C=O) groups is 1. The summed E-state index contributed by atoms with van der Waals surface area (Å²) >= 11 is 0. The summed E-state index contributed by atoms with van der Waals surface area (Å²) in [6.45, 7) is 0. The summed E-state index contributed by atoms with van der Waals surface area (Å²) in [6.07, 6.45) is 0. The van der Waals surface area contributed by atoms with Crippen molar-refractivity contribution >= 4 is 11.6 Å². The lowest BCUT2D eigenvalue weighted by molar-refractivity contribution is -0.385. The standard InChI is InChI=1S/C13H10N2O4/c14-13(16)10-7-4-8-11(12(10)15(17)18)19-9-5-2-1-3-6-9/h1-8H,(H2,14,16). The lowest BCUT2D eigenvalue weighted by Crippen LogP contribution is -2.13. The lowest BCUT2D eigenvalue weighted by atomic mass is 10.1. The molecule has 1 amide bonds. The Balaban J connectivity index is 2.48. The van der Waals surface area contributed by atoms with Crippen molar-refractivity contribution in [2.75, 3.05) is 0 Å².